The highest BCUT2D eigenvalue weighted by Gasteiger charge is 2.40. The normalized spacial score (nSPS) is 19.9. The predicted molar refractivity (Wildman–Crippen MR) is 70.8 cm³/mol. The van der Waals surface area contributed by atoms with Crippen LogP contribution in [-0.2, 0) is 4.74 Å². The Balaban J connectivity index is 2.28. The first kappa shape index (κ1) is 12.8. The molecule has 0 saturated heterocycles. The van der Waals surface area contributed by atoms with Crippen LogP contribution in [0.2, 0.25) is 0 Å². The van der Waals surface area contributed by atoms with Gasteiger partial charge in [0, 0.05) is 7.11 Å². The van der Waals surface area contributed by atoms with Gasteiger partial charge in [-0.15, -0.1) is 11.3 Å². The van der Waals surface area contributed by atoms with Crippen molar-refractivity contribution in [1.82, 2.24) is 0 Å². The maximum atomic E-state index is 12.7. The molecular formula is C14H20O2S. The van der Waals surface area contributed by atoms with Crippen LogP contribution in [-0.4, -0.2) is 18.5 Å². The zero-order valence-electron chi connectivity index (χ0n) is 10.6. The van der Waals surface area contributed by atoms with E-state index in [1.54, 1.807) is 18.4 Å². The number of carbonyl (C=O) groups is 1. The molecule has 17 heavy (non-hydrogen) atoms. The van der Waals surface area contributed by atoms with Crippen LogP contribution in [0.25, 0.3) is 0 Å². The molecule has 0 aliphatic heterocycles. The summed E-state index contributed by atoms with van der Waals surface area (Å²) >= 11 is 1.54. The second kappa shape index (κ2) is 5.32. The van der Waals surface area contributed by atoms with Gasteiger partial charge in [-0.25, -0.2) is 0 Å². The number of ether oxygens (including phenoxy) is 1. The highest BCUT2D eigenvalue weighted by atomic mass is 32.1. The molecule has 1 aliphatic carbocycles. The first-order valence-electron chi connectivity index (χ1n) is 6.34. The lowest BCUT2D eigenvalue weighted by Crippen LogP contribution is -2.40. The van der Waals surface area contributed by atoms with Crippen molar-refractivity contribution in [2.75, 3.05) is 7.11 Å². The van der Waals surface area contributed by atoms with Crippen LogP contribution in [0.1, 0.15) is 53.8 Å². The van der Waals surface area contributed by atoms with Crippen LogP contribution in [0.3, 0.4) is 0 Å². The number of hydrogen-bond donors (Lipinski definition) is 0. The maximum Gasteiger partial charge on any atom is 0.204 e. The van der Waals surface area contributed by atoms with Gasteiger partial charge in [-0.2, -0.15) is 0 Å². The summed E-state index contributed by atoms with van der Waals surface area (Å²) < 4.78 is 5.66. The molecule has 0 radical (unpaired) electrons. The smallest absolute Gasteiger partial charge is 0.204 e. The van der Waals surface area contributed by atoms with E-state index < -0.39 is 5.60 Å². The Labute approximate surface area is 107 Å². The topological polar surface area (TPSA) is 26.3 Å². The van der Waals surface area contributed by atoms with E-state index in [-0.39, 0.29) is 5.78 Å². The van der Waals surface area contributed by atoms with E-state index in [1.807, 2.05) is 18.4 Å². The van der Waals surface area contributed by atoms with Crippen LogP contribution in [0.5, 0.6) is 0 Å². The lowest BCUT2D eigenvalue weighted by Gasteiger charge is -2.29. The molecule has 0 bridgehead atoms. The van der Waals surface area contributed by atoms with E-state index in [2.05, 4.69) is 0 Å². The summed E-state index contributed by atoms with van der Waals surface area (Å²) in [5, 5.41) is 1.99. The van der Waals surface area contributed by atoms with Crippen LogP contribution in [0.15, 0.2) is 11.4 Å². The van der Waals surface area contributed by atoms with Crippen molar-refractivity contribution in [2.45, 2.75) is 51.0 Å². The lowest BCUT2D eigenvalue weighted by molar-refractivity contribution is -0.00663. The molecule has 0 unspecified atom stereocenters. The molecule has 0 amide bonds. The zero-order valence-corrected chi connectivity index (χ0v) is 11.4. The highest BCUT2D eigenvalue weighted by Crippen LogP contribution is 2.35. The molecule has 2 rings (SSSR count). The standard InChI is InChI=1S/C14H20O2S/c1-11-7-10-17-12(11)13(15)14(16-2)8-5-3-4-6-9-14/h7,10H,3-6,8-9H2,1-2H3. The molecule has 0 atom stereocenters. The molecule has 0 N–H and O–H groups in total. The summed E-state index contributed by atoms with van der Waals surface area (Å²) in [5.41, 5.74) is 0.534. The van der Waals surface area contributed by atoms with Gasteiger partial charge in [0.2, 0.25) is 5.78 Å². The number of Topliss-reactive ketones (excluding diaryl/α,β-unsaturated/α-hetero) is 1. The predicted octanol–water partition coefficient (Wildman–Crippen LogP) is 3.98. The molecule has 1 fully saturated rings. The van der Waals surface area contributed by atoms with Gasteiger partial charge in [0.05, 0.1) is 4.88 Å². The molecule has 1 heterocycles. The summed E-state index contributed by atoms with van der Waals surface area (Å²) in [4.78, 5) is 13.6. The monoisotopic (exact) mass is 252 g/mol. The summed E-state index contributed by atoms with van der Waals surface area (Å²) in [6, 6.07) is 2.01. The number of hydrogen-bond acceptors (Lipinski definition) is 3. The summed E-state index contributed by atoms with van der Waals surface area (Å²) in [7, 11) is 1.69. The number of rotatable bonds is 3. The van der Waals surface area contributed by atoms with E-state index in [1.165, 1.54) is 12.8 Å². The van der Waals surface area contributed by atoms with Gasteiger partial charge in [0.15, 0.2) is 0 Å². The molecule has 0 spiro atoms. The Hall–Kier alpha value is -0.670. The van der Waals surface area contributed by atoms with Crippen molar-refractivity contribution in [3.8, 4) is 0 Å². The third kappa shape index (κ3) is 2.45. The summed E-state index contributed by atoms with van der Waals surface area (Å²) in [6.45, 7) is 2.00. The van der Waals surface area contributed by atoms with Gasteiger partial charge in [-0.3, -0.25) is 4.79 Å². The fourth-order valence-electron chi connectivity index (χ4n) is 2.64. The van der Waals surface area contributed by atoms with Crippen molar-refractivity contribution in [1.29, 1.82) is 0 Å². The SMILES string of the molecule is COC1(C(=O)c2sccc2C)CCCCCC1. The first-order chi connectivity index (χ1) is 8.19. The Morgan fingerprint density at radius 1 is 1.29 bits per heavy atom. The molecule has 1 aromatic rings. The van der Waals surface area contributed by atoms with Gasteiger partial charge < -0.3 is 4.74 Å². The van der Waals surface area contributed by atoms with Gasteiger partial charge in [0.25, 0.3) is 0 Å². The van der Waals surface area contributed by atoms with Crippen molar-refractivity contribution in [3.63, 3.8) is 0 Å². The summed E-state index contributed by atoms with van der Waals surface area (Å²) in [5.74, 6) is 0.203. The van der Waals surface area contributed by atoms with Crippen molar-refractivity contribution >= 4 is 17.1 Å². The van der Waals surface area contributed by atoms with E-state index in [9.17, 15) is 4.79 Å². The molecule has 1 saturated carbocycles. The minimum Gasteiger partial charge on any atom is -0.370 e. The van der Waals surface area contributed by atoms with Gasteiger partial charge in [-0.1, -0.05) is 25.7 Å². The number of methoxy groups -OCH3 is 1. The second-order valence-corrected chi connectivity index (χ2v) is 5.79. The molecule has 1 aromatic heterocycles. The minimum atomic E-state index is -0.549. The number of ketones is 1. The van der Waals surface area contributed by atoms with E-state index in [0.717, 1.165) is 36.1 Å². The van der Waals surface area contributed by atoms with Crippen molar-refractivity contribution in [2.24, 2.45) is 0 Å². The number of carbonyl (C=O) groups excluding carboxylic acids is 1. The molecule has 94 valence electrons. The van der Waals surface area contributed by atoms with Crippen LogP contribution >= 0.6 is 11.3 Å². The molecule has 0 aromatic carbocycles. The maximum absolute atomic E-state index is 12.7. The number of aryl methyl sites for hydroxylation is 1. The van der Waals surface area contributed by atoms with Crippen LogP contribution in [0, 0.1) is 6.92 Å². The van der Waals surface area contributed by atoms with E-state index >= 15 is 0 Å². The zero-order chi connectivity index (χ0) is 12.3. The number of thiophene rings is 1. The average Bonchev–Trinajstić information content (AvgIpc) is 2.64. The van der Waals surface area contributed by atoms with Crippen LogP contribution < -0.4 is 0 Å². The minimum absolute atomic E-state index is 0.203. The van der Waals surface area contributed by atoms with Gasteiger partial charge >= 0.3 is 0 Å². The molecule has 1 aliphatic rings. The highest BCUT2D eigenvalue weighted by molar-refractivity contribution is 7.12. The van der Waals surface area contributed by atoms with E-state index in [0.29, 0.717) is 0 Å². The molecular weight excluding hydrogens is 232 g/mol. The fraction of sp³-hybridized carbons (Fsp3) is 0.643. The molecule has 3 heteroatoms. The third-order valence-corrected chi connectivity index (χ3v) is 4.80. The van der Waals surface area contributed by atoms with Crippen molar-refractivity contribution < 1.29 is 9.53 Å². The lowest BCUT2D eigenvalue weighted by atomic mass is 9.88. The summed E-state index contributed by atoms with van der Waals surface area (Å²) in [6.07, 6.45) is 6.40. The Bertz CT molecular complexity index is 387. The quantitative estimate of drug-likeness (QED) is 0.601. The Morgan fingerprint density at radius 2 is 1.94 bits per heavy atom. The third-order valence-electron chi connectivity index (χ3n) is 3.78. The second-order valence-electron chi connectivity index (χ2n) is 4.87. The van der Waals surface area contributed by atoms with E-state index in [4.69, 9.17) is 4.74 Å². The largest absolute Gasteiger partial charge is 0.370 e. The molecule has 2 nitrogen and oxygen atoms in total. The van der Waals surface area contributed by atoms with Crippen molar-refractivity contribution in [3.05, 3.63) is 21.9 Å². The Kier molecular flexibility index (Phi) is 4.00. The van der Waals surface area contributed by atoms with Gasteiger partial charge in [-0.05, 0) is 36.8 Å². The Morgan fingerprint density at radius 3 is 2.41 bits per heavy atom. The fourth-order valence-corrected chi connectivity index (χ4v) is 3.59. The van der Waals surface area contributed by atoms with Gasteiger partial charge in [0.1, 0.15) is 5.60 Å². The van der Waals surface area contributed by atoms with Crippen LogP contribution in [0.4, 0.5) is 0 Å². The average molecular weight is 252 g/mol. The first-order valence-corrected chi connectivity index (χ1v) is 7.22.